The summed E-state index contributed by atoms with van der Waals surface area (Å²) in [7, 11) is -4.59. The topological polar surface area (TPSA) is 91.8 Å². The van der Waals surface area contributed by atoms with Gasteiger partial charge in [-0.1, -0.05) is 12.1 Å². The highest BCUT2D eigenvalue weighted by molar-refractivity contribution is 7.46. The normalized spacial score (nSPS) is 33.1. The fourth-order valence-corrected chi connectivity index (χ4v) is 2.74. The number of hydrogen-bond acceptors (Lipinski definition) is 4. The fraction of sp³-hybridized carbons (Fsp3) is 0.500. The Hall–Kier alpha value is -0.910. The van der Waals surface area contributed by atoms with Gasteiger partial charge in [0.2, 0.25) is 0 Å². The quantitative estimate of drug-likeness (QED) is 0.650. The molecule has 2 saturated heterocycles. The molecule has 0 radical (unpaired) electrons. The standard InChI is InChI=1S/C12H15O6P/c1-6-11(16-6)8-4-3-5-9(18-19(13,14)15)10(8)12-7(2)17-12/h3-7,11-12H,1-2H3,(H2,13,14,15). The monoisotopic (exact) mass is 286 g/mol. The van der Waals surface area contributed by atoms with Gasteiger partial charge in [0.05, 0.1) is 12.2 Å². The van der Waals surface area contributed by atoms with E-state index in [1.54, 1.807) is 12.1 Å². The van der Waals surface area contributed by atoms with E-state index in [2.05, 4.69) is 0 Å². The van der Waals surface area contributed by atoms with Gasteiger partial charge in [-0.3, -0.25) is 9.79 Å². The molecule has 104 valence electrons. The summed E-state index contributed by atoms with van der Waals surface area (Å²) in [5.74, 6) is 0.169. The maximum atomic E-state index is 11.0. The van der Waals surface area contributed by atoms with Crippen LogP contribution in [-0.2, 0) is 14.0 Å². The number of epoxide rings is 2. The number of phosphoric acid groups is 1. The maximum Gasteiger partial charge on any atom is 0.524 e. The van der Waals surface area contributed by atoms with E-state index in [1.165, 1.54) is 0 Å². The van der Waals surface area contributed by atoms with Gasteiger partial charge in [-0.2, -0.15) is 0 Å². The Morgan fingerprint density at radius 3 is 2.21 bits per heavy atom. The summed E-state index contributed by atoms with van der Waals surface area (Å²) < 4.78 is 26.7. The van der Waals surface area contributed by atoms with Crippen molar-refractivity contribution in [1.82, 2.24) is 0 Å². The predicted octanol–water partition coefficient (Wildman–Crippen LogP) is 2.08. The zero-order valence-corrected chi connectivity index (χ0v) is 11.4. The lowest BCUT2D eigenvalue weighted by Gasteiger charge is -2.13. The minimum Gasteiger partial charge on any atom is -0.404 e. The van der Waals surface area contributed by atoms with Gasteiger partial charge in [0.1, 0.15) is 18.0 Å². The molecule has 3 rings (SSSR count). The first kappa shape index (κ1) is 13.1. The molecule has 2 N–H and O–H groups in total. The molecular weight excluding hydrogens is 271 g/mol. The first-order chi connectivity index (χ1) is 8.87. The van der Waals surface area contributed by atoms with Crippen molar-refractivity contribution < 1.29 is 28.3 Å². The zero-order valence-electron chi connectivity index (χ0n) is 10.5. The highest BCUT2D eigenvalue weighted by atomic mass is 31.2. The summed E-state index contributed by atoms with van der Waals surface area (Å²) in [6.45, 7) is 3.85. The number of hydrogen-bond donors (Lipinski definition) is 2. The third-order valence-electron chi connectivity index (χ3n) is 3.33. The molecule has 0 saturated carbocycles. The van der Waals surface area contributed by atoms with Crippen LogP contribution in [0.25, 0.3) is 0 Å². The third-order valence-corrected chi connectivity index (χ3v) is 3.76. The maximum absolute atomic E-state index is 11.0. The molecule has 0 aliphatic carbocycles. The molecule has 2 aliphatic rings. The Bertz CT molecular complexity index is 553. The van der Waals surface area contributed by atoms with E-state index in [4.69, 9.17) is 23.8 Å². The van der Waals surface area contributed by atoms with Crippen LogP contribution in [0.1, 0.15) is 37.2 Å². The Kier molecular flexibility index (Phi) is 2.96. The second kappa shape index (κ2) is 4.30. The van der Waals surface area contributed by atoms with Gasteiger partial charge in [-0.15, -0.1) is 0 Å². The minimum absolute atomic E-state index is 0.0225. The molecule has 4 atom stereocenters. The number of phosphoric ester groups is 1. The molecule has 2 fully saturated rings. The first-order valence-corrected chi connectivity index (χ1v) is 7.59. The highest BCUT2D eigenvalue weighted by Crippen LogP contribution is 2.52. The minimum atomic E-state index is -4.59. The summed E-state index contributed by atoms with van der Waals surface area (Å²) >= 11 is 0. The molecule has 0 bridgehead atoms. The van der Waals surface area contributed by atoms with E-state index in [0.29, 0.717) is 5.56 Å². The van der Waals surface area contributed by atoms with E-state index in [-0.39, 0.29) is 30.2 Å². The van der Waals surface area contributed by atoms with E-state index in [1.807, 2.05) is 19.9 Å². The van der Waals surface area contributed by atoms with Crippen LogP contribution in [0.5, 0.6) is 5.75 Å². The summed E-state index contributed by atoms with van der Waals surface area (Å²) in [4.78, 5) is 18.0. The predicted molar refractivity (Wildman–Crippen MR) is 65.7 cm³/mol. The van der Waals surface area contributed by atoms with Crippen LogP contribution in [-0.4, -0.2) is 22.0 Å². The number of rotatable bonds is 4. The lowest BCUT2D eigenvalue weighted by atomic mass is 9.98. The molecule has 2 aliphatic heterocycles. The van der Waals surface area contributed by atoms with Crippen molar-refractivity contribution in [1.29, 1.82) is 0 Å². The highest BCUT2D eigenvalue weighted by Gasteiger charge is 2.45. The van der Waals surface area contributed by atoms with Crippen LogP contribution < -0.4 is 4.52 Å². The Morgan fingerprint density at radius 1 is 1.16 bits per heavy atom. The van der Waals surface area contributed by atoms with Crippen molar-refractivity contribution in [3.05, 3.63) is 29.3 Å². The average Bonchev–Trinajstić information content (AvgIpc) is 3.16. The smallest absolute Gasteiger partial charge is 0.404 e. The molecule has 0 amide bonds. The van der Waals surface area contributed by atoms with Crippen LogP contribution in [0.15, 0.2) is 18.2 Å². The molecule has 6 nitrogen and oxygen atoms in total. The number of benzene rings is 1. The van der Waals surface area contributed by atoms with Crippen LogP contribution in [0.4, 0.5) is 0 Å². The van der Waals surface area contributed by atoms with Crippen LogP contribution in [0.2, 0.25) is 0 Å². The van der Waals surface area contributed by atoms with Gasteiger partial charge >= 0.3 is 7.82 Å². The van der Waals surface area contributed by atoms with Crippen LogP contribution in [0.3, 0.4) is 0 Å². The Morgan fingerprint density at radius 2 is 1.74 bits per heavy atom. The van der Waals surface area contributed by atoms with Crippen molar-refractivity contribution in [2.75, 3.05) is 0 Å². The molecule has 0 spiro atoms. The van der Waals surface area contributed by atoms with Gasteiger partial charge in [0.15, 0.2) is 0 Å². The van der Waals surface area contributed by atoms with Crippen molar-refractivity contribution in [3.8, 4) is 5.75 Å². The molecule has 4 unspecified atom stereocenters. The van der Waals surface area contributed by atoms with Crippen LogP contribution >= 0.6 is 7.82 Å². The number of ether oxygens (including phenoxy) is 2. The summed E-state index contributed by atoms with van der Waals surface area (Å²) in [6, 6.07) is 5.12. The van der Waals surface area contributed by atoms with E-state index in [9.17, 15) is 4.57 Å². The second-order valence-corrected chi connectivity index (χ2v) is 6.03. The average molecular weight is 286 g/mol. The lowest BCUT2D eigenvalue weighted by Crippen LogP contribution is -2.00. The molecular formula is C12H15O6P. The van der Waals surface area contributed by atoms with E-state index in [0.717, 1.165) is 5.56 Å². The lowest BCUT2D eigenvalue weighted by molar-refractivity contribution is 0.280. The largest absolute Gasteiger partial charge is 0.524 e. The van der Waals surface area contributed by atoms with Gasteiger partial charge in [0, 0.05) is 5.56 Å². The van der Waals surface area contributed by atoms with Crippen LogP contribution in [0, 0.1) is 0 Å². The Labute approximate surface area is 110 Å². The fourth-order valence-electron chi connectivity index (χ4n) is 2.32. The van der Waals surface area contributed by atoms with Gasteiger partial charge in [0.25, 0.3) is 0 Å². The first-order valence-electron chi connectivity index (χ1n) is 6.05. The second-order valence-electron chi connectivity index (χ2n) is 4.86. The van der Waals surface area contributed by atoms with Crippen molar-refractivity contribution in [2.45, 2.75) is 38.3 Å². The molecule has 7 heteroatoms. The van der Waals surface area contributed by atoms with Gasteiger partial charge in [-0.25, -0.2) is 4.57 Å². The SMILES string of the molecule is CC1OC1c1cccc(OP(=O)(O)O)c1C1OC1C. The van der Waals surface area contributed by atoms with Crippen molar-refractivity contribution >= 4 is 7.82 Å². The molecule has 1 aromatic carbocycles. The van der Waals surface area contributed by atoms with E-state index < -0.39 is 7.82 Å². The zero-order chi connectivity index (χ0) is 13.8. The molecule has 19 heavy (non-hydrogen) atoms. The van der Waals surface area contributed by atoms with Crippen molar-refractivity contribution in [2.24, 2.45) is 0 Å². The van der Waals surface area contributed by atoms with Crippen molar-refractivity contribution in [3.63, 3.8) is 0 Å². The summed E-state index contributed by atoms with van der Waals surface area (Å²) in [5, 5.41) is 0. The Balaban J connectivity index is 2.01. The summed E-state index contributed by atoms with van der Waals surface area (Å²) in [6.07, 6.45) is -0.103. The van der Waals surface area contributed by atoms with E-state index >= 15 is 0 Å². The van der Waals surface area contributed by atoms with Gasteiger partial charge in [-0.05, 0) is 25.5 Å². The molecule has 2 heterocycles. The summed E-state index contributed by atoms with van der Waals surface area (Å²) in [5.41, 5.74) is 1.57. The molecule has 1 aromatic rings. The third kappa shape index (κ3) is 2.68. The molecule has 0 aromatic heterocycles. The van der Waals surface area contributed by atoms with Gasteiger partial charge < -0.3 is 14.0 Å².